The van der Waals surface area contributed by atoms with Crippen LogP contribution in [0.25, 0.3) is 0 Å². The summed E-state index contributed by atoms with van der Waals surface area (Å²) in [5.41, 5.74) is 0. The Morgan fingerprint density at radius 1 is 1.50 bits per heavy atom. The highest BCUT2D eigenvalue weighted by atomic mass is 19.1. The molecule has 2 N–H and O–H groups in total. The smallest absolute Gasteiger partial charge is 0.260 e. The molecule has 2 atom stereocenters. The number of hydrogen-bond acceptors (Lipinski definition) is 5. The molecule has 1 aliphatic heterocycles. The van der Waals surface area contributed by atoms with Crippen molar-refractivity contribution in [2.24, 2.45) is 5.92 Å². The third-order valence-electron chi connectivity index (χ3n) is 3.53. The first-order chi connectivity index (χ1) is 10.5. The van der Waals surface area contributed by atoms with Crippen LogP contribution < -0.4 is 10.1 Å². The van der Waals surface area contributed by atoms with Crippen LogP contribution in [0.5, 0.6) is 5.88 Å². The summed E-state index contributed by atoms with van der Waals surface area (Å²) < 4.78 is 17.9. The van der Waals surface area contributed by atoms with Crippen LogP contribution >= 0.6 is 0 Å². The standard InChI is InChI=1S/C14H18FN3O4/c1-16-12(20)4-9-6-18(7-11(9)19)14(21)8-22-13-3-2-10(15)5-17-13/h2-3,5,9,11,19H,4,6-8H2,1H3,(H,16,20)/t9-,11-/m1/s1. The molecule has 0 bridgehead atoms. The van der Waals surface area contributed by atoms with Crippen LogP contribution in [0.4, 0.5) is 4.39 Å². The summed E-state index contributed by atoms with van der Waals surface area (Å²) >= 11 is 0. The number of pyridine rings is 1. The molecule has 120 valence electrons. The fourth-order valence-corrected chi connectivity index (χ4v) is 2.27. The Hall–Kier alpha value is -2.22. The Morgan fingerprint density at radius 3 is 2.91 bits per heavy atom. The number of aromatic nitrogens is 1. The van der Waals surface area contributed by atoms with Crippen LogP contribution in [0.1, 0.15) is 6.42 Å². The lowest BCUT2D eigenvalue weighted by molar-refractivity contribution is -0.133. The summed E-state index contributed by atoms with van der Waals surface area (Å²) in [7, 11) is 1.52. The monoisotopic (exact) mass is 311 g/mol. The van der Waals surface area contributed by atoms with Gasteiger partial charge in [0, 0.05) is 38.5 Å². The first kappa shape index (κ1) is 16.2. The quantitative estimate of drug-likeness (QED) is 0.769. The van der Waals surface area contributed by atoms with E-state index in [1.807, 2.05) is 0 Å². The number of nitrogens with zero attached hydrogens (tertiary/aromatic N) is 2. The van der Waals surface area contributed by atoms with Crippen molar-refractivity contribution < 1.29 is 23.8 Å². The molecule has 1 fully saturated rings. The maximum absolute atomic E-state index is 12.7. The van der Waals surface area contributed by atoms with Crippen molar-refractivity contribution in [2.45, 2.75) is 12.5 Å². The first-order valence-electron chi connectivity index (χ1n) is 6.90. The fraction of sp³-hybridized carbons (Fsp3) is 0.500. The molecular weight excluding hydrogens is 293 g/mol. The molecule has 2 rings (SSSR count). The maximum atomic E-state index is 12.7. The molecular formula is C14H18FN3O4. The van der Waals surface area contributed by atoms with E-state index < -0.39 is 11.9 Å². The lowest BCUT2D eigenvalue weighted by atomic mass is 10.0. The number of rotatable bonds is 5. The highest BCUT2D eigenvalue weighted by Gasteiger charge is 2.35. The molecule has 0 aliphatic carbocycles. The molecule has 2 amide bonds. The molecule has 1 aromatic heterocycles. The van der Waals surface area contributed by atoms with Crippen LogP contribution in [0.3, 0.4) is 0 Å². The molecule has 1 aromatic rings. The number of carbonyl (C=O) groups is 2. The van der Waals surface area contributed by atoms with Gasteiger partial charge in [0.05, 0.1) is 12.3 Å². The van der Waals surface area contributed by atoms with E-state index in [-0.39, 0.29) is 43.2 Å². The summed E-state index contributed by atoms with van der Waals surface area (Å²) in [5, 5.41) is 12.4. The topological polar surface area (TPSA) is 91.8 Å². The molecule has 0 aromatic carbocycles. The molecule has 2 heterocycles. The van der Waals surface area contributed by atoms with E-state index in [1.54, 1.807) is 0 Å². The first-order valence-corrected chi connectivity index (χ1v) is 6.90. The van der Waals surface area contributed by atoms with Crippen molar-refractivity contribution in [1.82, 2.24) is 15.2 Å². The number of amides is 2. The van der Waals surface area contributed by atoms with Crippen molar-refractivity contribution >= 4 is 11.8 Å². The SMILES string of the molecule is CNC(=O)C[C@@H]1CN(C(=O)COc2ccc(F)cn2)C[C@H]1O. The van der Waals surface area contributed by atoms with Crippen molar-refractivity contribution in [3.8, 4) is 5.88 Å². The molecule has 0 unspecified atom stereocenters. The van der Waals surface area contributed by atoms with Crippen LogP contribution in [-0.2, 0) is 9.59 Å². The van der Waals surface area contributed by atoms with Gasteiger partial charge in [-0.1, -0.05) is 0 Å². The normalized spacial score (nSPS) is 20.8. The zero-order chi connectivity index (χ0) is 16.1. The molecule has 8 heteroatoms. The Bertz CT molecular complexity index is 537. The highest BCUT2D eigenvalue weighted by Crippen LogP contribution is 2.20. The van der Waals surface area contributed by atoms with Gasteiger partial charge in [-0.25, -0.2) is 9.37 Å². The molecule has 0 spiro atoms. The predicted molar refractivity (Wildman–Crippen MR) is 74.5 cm³/mol. The second kappa shape index (κ2) is 7.17. The molecule has 1 saturated heterocycles. The van der Waals surface area contributed by atoms with E-state index in [4.69, 9.17) is 4.74 Å². The van der Waals surface area contributed by atoms with E-state index in [2.05, 4.69) is 10.3 Å². The zero-order valence-corrected chi connectivity index (χ0v) is 12.2. The molecule has 0 saturated carbocycles. The highest BCUT2D eigenvalue weighted by molar-refractivity contribution is 5.79. The van der Waals surface area contributed by atoms with Gasteiger partial charge < -0.3 is 20.1 Å². The van der Waals surface area contributed by atoms with Crippen molar-refractivity contribution in [1.29, 1.82) is 0 Å². The van der Waals surface area contributed by atoms with Crippen LogP contribution in [0.2, 0.25) is 0 Å². The summed E-state index contributed by atoms with van der Waals surface area (Å²) in [4.78, 5) is 28.5. The average molecular weight is 311 g/mol. The summed E-state index contributed by atoms with van der Waals surface area (Å²) in [6.07, 6.45) is 0.436. The van der Waals surface area contributed by atoms with Crippen molar-refractivity contribution in [3.63, 3.8) is 0 Å². The van der Waals surface area contributed by atoms with E-state index in [0.717, 1.165) is 6.20 Å². The van der Waals surface area contributed by atoms with E-state index in [0.29, 0.717) is 6.54 Å². The Kier molecular flexibility index (Phi) is 5.26. The Balaban J connectivity index is 1.83. The van der Waals surface area contributed by atoms with Crippen LogP contribution in [0.15, 0.2) is 18.3 Å². The lowest BCUT2D eigenvalue weighted by Crippen LogP contribution is -2.34. The summed E-state index contributed by atoms with van der Waals surface area (Å²) in [5.74, 6) is -1.11. The lowest BCUT2D eigenvalue weighted by Gasteiger charge is -2.16. The van der Waals surface area contributed by atoms with Gasteiger partial charge in [0.15, 0.2) is 6.61 Å². The number of β-amino-alcohol motifs (C(OH)–C–C–N with tert-alkyl or cyclic N) is 1. The van der Waals surface area contributed by atoms with Crippen molar-refractivity contribution in [2.75, 3.05) is 26.7 Å². The van der Waals surface area contributed by atoms with Gasteiger partial charge in [0.2, 0.25) is 11.8 Å². The third kappa shape index (κ3) is 4.14. The van der Waals surface area contributed by atoms with Gasteiger partial charge in [0.1, 0.15) is 5.82 Å². The number of carbonyl (C=O) groups excluding carboxylic acids is 2. The number of halogens is 1. The minimum atomic E-state index is -0.731. The predicted octanol–water partition coefficient (Wildman–Crippen LogP) is -0.445. The largest absolute Gasteiger partial charge is 0.468 e. The van der Waals surface area contributed by atoms with Gasteiger partial charge in [-0.05, 0) is 6.07 Å². The van der Waals surface area contributed by atoms with E-state index >= 15 is 0 Å². The second-order valence-electron chi connectivity index (χ2n) is 5.11. The Morgan fingerprint density at radius 2 is 2.27 bits per heavy atom. The number of aliphatic hydroxyl groups excluding tert-OH is 1. The summed E-state index contributed by atoms with van der Waals surface area (Å²) in [6.45, 7) is 0.215. The Labute approximate surface area is 127 Å². The third-order valence-corrected chi connectivity index (χ3v) is 3.53. The summed E-state index contributed by atoms with van der Waals surface area (Å²) in [6, 6.07) is 2.52. The number of ether oxygens (including phenoxy) is 1. The zero-order valence-electron chi connectivity index (χ0n) is 12.2. The van der Waals surface area contributed by atoms with Crippen LogP contribution in [0, 0.1) is 11.7 Å². The second-order valence-corrected chi connectivity index (χ2v) is 5.11. The van der Waals surface area contributed by atoms with Crippen molar-refractivity contribution in [3.05, 3.63) is 24.1 Å². The number of hydrogen-bond donors (Lipinski definition) is 2. The average Bonchev–Trinajstić information content (AvgIpc) is 2.87. The molecule has 1 aliphatic rings. The van der Waals surface area contributed by atoms with Gasteiger partial charge in [0.25, 0.3) is 5.91 Å². The number of nitrogens with one attached hydrogen (secondary N) is 1. The minimum absolute atomic E-state index is 0.149. The maximum Gasteiger partial charge on any atom is 0.260 e. The number of aliphatic hydroxyl groups is 1. The minimum Gasteiger partial charge on any atom is -0.468 e. The fourth-order valence-electron chi connectivity index (χ4n) is 2.27. The van der Waals surface area contributed by atoms with E-state index in [9.17, 15) is 19.1 Å². The van der Waals surface area contributed by atoms with E-state index in [1.165, 1.54) is 24.1 Å². The van der Waals surface area contributed by atoms with Gasteiger partial charge in [-0.15, -0.1) is 0 Å². The van der Waals surface area contributed by atoms with Crippen LogP contribution in [-0.4, -0.2) is 59.7 Å². The molecule has 0 radical (unpaired) electrons. The molecule has 7 nitrogen and oxygen atoms in total. The molecule has 22 heavy (non-hydrogen) atoms. The van der Waals surface area contributed by atoms with Gasteiger partial charge >= 0.3 is 0 Å². The number of likely N-dealkylation sites (tertiary alicyclic amines) is 1. The van der Waals surface area contributed by atoms with Gasteiger partial charge in [-0.3, -0.25) is 9.59 Å². The van der Waals surface area contributed by atoms with Gasteiger partial charge in [-0.2, -0.15) is 0 Å².